The van der Waals surface area contributed by atoms with Crippen molar-refractivity contribution in [3.05, 3.63) is 71.3 Å². The van der Waals surface area contributed by atoms with Crippen molar-refractivity contribution in [1.82, 2.24) is 0 Å². The monoisotopic (exact) mass is 346 g/mol. The van der Waals surface area contributed by atoms with Crippen molar-refractivity contribution in [2.24, 2.45) is 0 Å². The van der Waals surface area contributed by atoms with E-state index in [1.54, 1.807) is 7.11 Å². The number of methoxy groups -OCH3 is 1. The molecule has 0 saturated heterocycles. The van der Waals surface area contributed by atoms with Gasteiger partial charge in [0.25, 0.3) is 0 Å². The van der Waals surface area contributed by atoms with E-state index >= 15 is 0 Å². The first-order valence-electron chi connectivity index (χ1n) is 7.33. The Bertz CT molecular complexity index is 546. The maximum absolute atomic E-state index is 5.13. The summed E-state index contributed by atoms with van der Waals surface area (Å²) in [6.45, 7) is 5.33. The van der Waals surface area contributed by atoms with E-state index in [2.05, 4.69) is 84.4 Å². The van der Waals surface area contributed by atoms with Crippen LogP contribution >= 0.6 is 15.9 Å². The number of hydrogen-bond acceptors (Lipinski definition) is 1. The smallest absolute Gasteiger partial charge is 0.0502 e. The number of benzene rings is 2. The quantitative estimate of drug-likeness (QED) is 0.645. The Morgan fingerprint density at radius 2 is 1.62 bits per heavy atom. The molecule has 0 radical (unpaired) electrons. The number of ether oxygens (including phenoxy) is 1. The second-order valence-electron chi connectivity index (χ2n) is 5.93. The fraction of sp³-hybridized carbons (Fsp3) is 0.368. The third-order valence-corrected chi connectivity index (χ3v) is 5.69. The molecule has 1 unspecified atom stereocenters. The zero-order valence-electron chi connectivity index (χ0n) is 13.0. The second-order valence-corrected chi connectivity index (χ2v) is 6.85. The Labute approximate surface area is 136 Å². The molecule has 21 heavy (non-hydrogen) atoms. The molecule has 2 rings (SSSR count). The van der Waals surface area contributed by atoms with E-state index in [-0.39, 0.29) is 10.2 Å². The lowest BCUT2D eigenvalue weighted by molar-refractivity contribution is 0.202. The van der Waals surface area contributed by atoms with Crippen molar-refractivity contribution < 1.29 is 4.74 Å². The zero-order valence-corrected chi connectivity index (χ0v) is 14.6. The highest BCUT2D eigenvalue weighted by atomic mass is 79.9. The third kappa shape index (κ3) is 3.96. The van der Waals surface area contributed by atoms with Gasteiger partial charge >= 0.3 is 0 Å². The normalized spacial score (nSPS) is 13.1. The molecule has 2 heteroatoms. The van der Waals surface area contributed by atoms with Gasteiger partial charge in [-0.1, -0.05) is 84.4 Å². The summed E-state index contributed by atoms with van der Waals surface area (Å²) in [6, 6.07) is 19.5. The van der Waals surface area contributed by atoms with Crippen LogP contribution in [0, 0.1) is 0 Å². The van der Waals surface area contributed by atoms with Gasteiger partial charge in [-0.05, 0) is 23.1 Å². The van der Waals surface area contributed by atoms with Crippen molar-refractivity contribution in [3.8, 4) is 0 Å². The molecular weight excluding hydrogens is 324 g/mol. The number of rotatable bonds is 6. The molecule has 0 saturated carbocycles. The minimum atomic E-state index is 0.0370. The molecule has 0 heterocycles. The summed E-state index contributed by atoms with van der Waals surface area (Å²) in [5, 5.41) is 0. The SMILES string of the molecule is COCCc1ccc(C(Br)C(C)(C)c2ccccc2)cc1. The van der Waals surface area contributed by atoms with Gasteiger partial charge in [0.15, 0.2) is 0 Å². The molecule has 0 N–H and O–H groups in total. The highest BCUT2D eigenvalue weighted by Crippen LogP contribution is 2.42. The molecule has 0 fully saturated rings. The Morgan fingerprint density at radius 3 is 2.19 bits per heavy atom. The van der Waals surface area contributed by atoms with Gasteiger partial charge in [0.2, 0.25) is 0 Å². The second kappa shape index (κ2) is 7.24. The number of hydrogen-bond donors (Lipinski definition) is 0. The molecule has 2 aromatic rings. The molecule has 0 aliphatic heterocycles. The van der Waals surface area contributed by atoms with Crippen LogP contribution in [-0.2, 0) is 16.6 Å². The van der Waals surface area contributed by atoms with Gasteiger partial charge in [-0.2, -0.15) is 0 Å². The van der Waals surface area contributed by atoms with Gasteiger partial charge in [-0.25, -0.2) is 0 Å². The average Bonchev–Trinajstić information content (AvgIpc) is 2.53. The van der Waals surface area contributed by atoms with E-state index in [0.29, 0.717) is 0 Å². The number of alkyl halides is 1. The molecule has 0 bridgehead atoms. The lowest BCUT2D eigenvalue weighted by Crippen LogP contribution is -2.23. The lowest BCUT2D eigenvalue weighted by atomic mass is 9.79. The molecular formula is C19H23BrO. The Kier molecular flexibility index (Phi) is 5.60. The first-order valence-corrected chi connectivity index (χ1v) is 8.24. The van der Waals surface area contributed by atoms with Crippen LogP contribution in [0.15, 0.2) is 54.6 Å². The van der Waals surface area contributed by atoms with Gasteiger partial charge in [-0.15, -0.1) is 0 Å². The summed E-state index contributed by atoms with van der Waals surface area (Å²) >= 11 is 3.90. The van der Waals surface area contributed by atoms with Gasteiger partial charge in [0.05, 0.1) is 6.61 Å². The van der Waals surface area contributed by atoms with E-state index in [0.717, 1.165) is 13.0 Å². The van der Waals surface area contributed by atoms with E-state index in [9.17, 15) is 0 Å². The van der Waals surface area contributed by atoms with Crippen molar-refractivity contribution in [2.75, 3.05) is 13.7 Å². The summed E-state index contributed by atoms with van der Waals surface area (Å²) in [5.41, 5.74) is 4.01. The Balaban J connectivity index is 2.17. The summed E-state index contributed by atoms with van der Waals surface area (Å²) in [6.07, 6.45) is 0.964. The molecule has 112 valence electrons. The van der Waals surface area contributed by atoms with Gasteiger partial charge in [0.1, 0.15) is 0 Å². The Morgan fingerprint density at radius 1 is 1.00 bits per heavy atom. The third-order valence-electron chi connectivity index (χ3n) is 4.02. The zero-order chi connectivity index (χ0) is 15.3. The van der Waals surface area contributed by atoms with E-state index in [4.69, 9.17) is 4.74 Å². The topological polar surface area (TPSA) is 9.23 Å². The highest BCUT2D eigenvalue weighted by molar-refractivity contribution is 9.09. The molecule has 0 amide bonds. The first kappa shape index (κ1) is 16.3. The van der Waals surface area contributed by atoms with Crippen molar-refractivity contribution in [1.29, 1.82) is 0 Å². The van der Waals surface area contributed by atoms with Crippen LogP contribution in [0.3, 0.4) is 0 Å². The van der Waals surface area contributed by atoms with E-state index in [1.165, 1.54) is 16.7 Å². The summed E-state index contributed by atoms with van der Waals surface area (Å²) < 4.78 is 5.13. The van der Waals surface area contributed by atoms with Gasteiger partial charge in [-0.3, -0.25) is 0 Å². The fourth-order valence-corrected chi connectivity index (χ4v) is 3.07. The average molecular weight is 347 g/mol. The predicted molar refractivity (Wildman–Crippen MR) is 93.2 cm³/mol. The Hall–Kier alpha value is -1.12. The maximum Gasteiger partial charge on any atom is 0.0502 e. The molecule has 0 aliphatic rings. The standard InChI is InChI=1S/C19H23BrO/c1-19(2,17-7-5-4-6-8-17)18(20)16-11-9-15(10-12-16)13-14-21-3/h4-12,18H,13-14H2,1-3H3. The van der Waals surface area contributed by atoms with Gasteiger partial charge < -0.3 is 4.74 Å². The molecule has 1 atom stereocenters. The minimum absolute atomic E-state index is 0.0370. The fourth-order valence-electron chi connectivity index (χ4n) is 2.50. The highest BCUT2D eigenvalue weighted by Gasteiger charge is 2.30. The lowest BCUT2D eigenvalue weighted by Gasteiger charge is -2.31. The van der Waals surface area contributed by atoms with Crippen LogP contribution in [0.2, 0.25) is 0 Å². The molecule has 0 spiro atoms. The molecule has 1 nitrogen and oxygen atoms in total. The minimum Gasteiger partial charge on any atom is -0.384 e. The summed E-state index contributed by atoms with van der Waals surface area (Å²) in [7, 11) is 1.74. The van der Waals surface area contributed by atoms with Crippen LogP contribution in [0.1, 0.15) is 35.4 Å². The van der Waals surface area contributed by atoms with Crippen LogP contribution in [0.5, 0.6) is 0 Å². The maximum atomic E-state index is 5.13. The molecule has 2 aromatic carbocycles. The predicted octanol–water partition coefficient (Wildman–Crippen LogP) is 5.29. The molecule has 0 aliphatic carbocycles. The van der Waals surface area contributed by atoms with Crippen LogP contribution in [-0.4, -0.2) is 13.7 Å². The van der Waals surface area contributed by atoms with E-state index in [1.807, 2.05) is 0 Å². The van der Waals surface area contributed by atoms with E-state index < -0.39 is 0 Å². The van der Waals surface area contributed by atoms with Crippen molar-refractivity contribution in [2.45, 2.75) is 30.5 Å². The van der Waals surface area contributed by atoms with Crippen LogP contribution in [0.4, 0.5) is 0 Å². The first-order chi connectivity index (χ1) is 10.1. The van der Waals surface area contributed by atoms with Crippen LogP contribution < -0.4 is 0 Å². The molecule has 0 aromatic heterocycles. The van der Waals surface area contributed by atoms with Gasteiger partial charge in [0, 0.05) is 17.4 Å². The number of halogens is 1. The van der Waals surface area contributed by atoms with Crippen molar-refractivity contribution in [3.63, 3.8) is 0 Å². The summed E-state index contributed by atoms with van der Waals surface area (Å²) in [5.74, 6) is 0. The summed E-state index contributed by atoms with van der Waals surface area (Å²) in [4.78, 5) is 0.281. The largest absolute Gasteiger partial charge is 0.384 e. The van der Waals surface area contributed by atoms with Crippen molar-refractivity contribution >= 4 is 15.9 Å². The van der Waals surface area contributed by atoms with Crippen LogP contribution in [0.25, 0.3) is 0 Å².